The summed E-state index contributed by atoms with van der Waals surface area (Å²) in [5.41, 5.74) is 3.41. The van der Waals surface area contributed by atoms with Crippen LogP contribution in [0.1, 0.15) is 30.9 Å². The molecular formula is C19H25N3O2S. The maximum Gasteiger partial charge on any atom is 0.223 e. The molecule has 1 aromatic heterocycles. The highest BCUT2D eigenvalue weighted by Gasteiger charge is 2.26. The van der Waals surface area contributed by atoms with Gasteiger partial charge in [0.2, 0.25) is 5.91 Å². The molecular weight excluding hydrogens is 334 g/mol. The Kier molecular flexibility index (Phi) is 6.02. The predicted molar refractivity (Wildman–Crippen MR) is 102 cm³/mol. The summed E-state index contributed by atoms with van der Waals surface area (Å²) in [6.45, 7) is 1.66. The third-order valence-corrected chi connectivity index (χ3v) is 5.44. The molecule has 1 aliphatic rings. The molecule has 1 N–H and O–H groups in total. The van der Waals surface area contributed by atoms with Crippen LogP contribution in [0.15, 0.2) is 30.5 Å². The Balaban J connectivity index is 1.68. The SMILES string of the molecule is COc1cccc(-c2cn[nH]c2C2CCN(C(=O)CCSC)CC2)c1. The minimum absolute atomic E-state index is 0.283. The largest absolute Gasteiger partial charge is 0.497 e. The van der Waals surface area contributed by atoms with Crippen LogP contribution in [0.3, 0.4) is 0 Å². The first-order valence-corrected chi connectivity index (χ1v) is 10.1. The van der Waals surface area contributed by atoms with Crippen LogP contribution in [0.25, 0.3) is 11.1 Å². The van der Waals surface area contributed by atoms with Crippen LogP contribution >= 0.6 is 11.8 Å². The second kappa shape index (κ2) is 8.43. The first-order valence-electron chi connectivity index (χ1n) is 8.67. The summed E-state index contributed by atoms with van der Waals surface area (Å²) in [4.78, 5) is 14.2. The van der Waals surface area contributed by atoms with Gasteiger partial charge >= 0.3 is 0 Å². The van der Waals surface area contributed by atoms with E-state index in [-0.39, 0.29) is 5.91 Å². The number of carbonyl (C=O) groups excluding carboxylic acids is 1. The maximum atomic E-state index is 12.2. The number of nitrogens with one attached hydrogen (secondary N) is 1. The number of carbonyl (C=O) groups is 1. The number of H-pyrrole nitrogens is 1. The number of hydrogen-bond acceptors (Lipinski definition) is 4. The molecule has 5 nitrogen and oxygen atoms in total. The van der Waals surface area contributed by atoms with Crippen LogP contribution in [-0.2, 0) is 4.79 Å². The zero-order valence-electron chi connectivity index (χ0n) is 14.8. The summed E-state index contributed by atoms with van der Waals surface area (Å²) < 4.78 is 5.33. The second-order valence-corrected chi connectivity index (χ2v) is 7.31. The van der Waals surface area contributed by atoms with Crippen molar-refractivity contribution in [1.29, 1.82) is 0 Å². The highest BCUT2D eigenvalue weighted by molar-refractivity contribution is 7.98. The number of aromatic amines is 1. The molecule has 2 aromatic rings. The Hall–Kier alpha value is -1.95. The lowest BCUT2D eigenvalue weighted by Crippen LogP contribution is -2.38. The number of rotatable bonds is 6. The number of methoxy groups -OCH3 is 1. The topological polar surface area (TPSA) is 58.2 Å². The van der Waals surface area contributed by atoms with E-state index in [0.29, 0.717) is 12.3 Å². The molecule has 0 aliphatic carbocycles. The zero-order valence-corrected chi connectivity index (χ0v) is 15.6. The summed E-state index contributed by atoms with van der Waals surface area (Å²) in [5, 5.41) is 7.47. The van der Waals surface area contributed by atoms with Gasteiger partial charge in [-0.1, -0.05) is 12.1 Å². The third kappa shape index (κ3) is 4.18. The van der Waals surface area contributed by atoms with Crippen LogP contribution in [0, 0.1) is 0 Å². The summed E-state index contributed by atoms with van der Waals surface area (Å²) in [6.07, 6.45) is 6.53. The van der Waals surface area contributed by atoms with Gasteiger partial charge in [0.25, 0.3) is 0 Å². The Morgan fingerprint density at radius 3 is 2.92 bits per heavy atom. The van der Waals surface area contributed by atoms with Crippen molar-refractivity contribution >= 4 is 17.7 Å². The average molecular weight is 359 g/mol. The maximum absolute atomic E-state index is 12.2. The van der Waals surface area contributed by atoms with E-state index in [2.05, 4.69) is 16.3 Å². The third-order valence-electron chi connectivity index (χ3n) is 4.83. The number of piperidine rings is 1. The first-order chi connectivity index (χ1) is 12.2. The van der Waals surface area contributed by atoms with Crippen molar-refractivity contribution in [2.75, 3.05) is 32.2 Å². The van der Waals surface area contributed by atoms with E-state index < -0.39 is 0 Å². The van der Waals surface area contributed by atoms with Crippen molar-refractivity contribution in [3.63, 3.8) is 0 Å². The smallest absolute Gasteiger partial charge is 0.223 e. The number of thioether (sulfide) groups is 1. The summed E-state index contributed by atoms with van der Waals surface area (Å²) in [7, 11) is 1.68. The summed E-state index contributed by atoms with van der Waals surface area (Å²) >= 11 is 1.72. The van der Waals surface area contributed by atoms with Gasteiger partial charge in [-0.15, -0.1) is 0 Å². The molecule has 1 amide bonds. The summed E-state index contributed by atoms with van der Waals surface area (Å²) in [5.74, 6) is 2.44. The minimum atomic E-state index is 0.283. The monoisotopic (exact) mass is 359 g/mol. The Bertz CT molecular complexity index is 708. The molecule has 0 bridgehead atoms. The van der Waals surface area contributed by atoms with Crippen molar-refractivity contribution in [3.05, 3.63) is 36.2 Å². The number of aromatic nitrogens is 2. The molecule has 0 radical (unpaired) electrons. The van der Waals surface area contributed by atoms with Crippen LogP contribution in [0.4, 0.5) is 0 Å². The fourth-order valence-electron chi connectivity index (χ4n) is 3.39. The van der Waals surface area contributed by atoms with Crippen LogP contribution in [0.5, 0.6) is 5.75 Å². The zero-order chi connectivity index (χ0) is 17.6. The lowest BCUT2D eigenvalue weighted by molar-refractivity contribution is -0.131. The van der Waals surface area contributed by atoms with Gasteiger partial charge in [-0.3, -0.25) is 9.89 Å². The van der Waals surface area contributed by atoms with Gasteiger partial charge in [0, 0.05) is 42.4 Å². The standard InChI is InChI=1S/C19H25N3O2S/c1-24-16-5-3-4-15(12-16)17-13-20-21-19(17)14-6-9-22(10-7-14)18(23)8-11-25-2/h3-5,12-14H,6-11H2,1-2H3,(H,20,21). The van der Waals surface area contributed by atoms with Crippen molar-refractivity contribution in [2.24, 2.45) is 0 Å². The predicted octanol–water partition coefficient (Wildman–Crippen LogP) is 3.54. The normalized spacial score (nSPS) is 15.4. The van der Waals surface area contributed by atoms with Crippen molar-refractivity contribution in [2.45, 2.75) is 25.2 Å². The van der Waals surface area contributed by atoms with Gasteiger partial charge in [-0.2, -0.15) is 16.9 Å². The lowest BCUT2D eigenvalue weighted by Gasteiger charge is -2.32. The van der Waals surface area contributed by atoms with Crippen LogP contribution in [-0.4, -0.2) is 53.2 Å². The number of hydrogen-bond donors (Lipinski definition) is 1. The molecule has 1 saturated heterocycles. The summed E-state index contributed by atoms with van der Waals surface area (Å²) in [6, 6.07) is 8.06. The number of nitrogens with zero attached hydrogens (tertiary/aromatic N) is 2. The highest BCUT2D eigenvalue weighted by atomic mass is 32.2. The van der Waals surface area contributed by atoms with Crippen molar-refractivity contribution < 1.29 is 9.53 Å². The lowest BCUT2D eigenvalue weighted by atomic mass is 9.89. The molecule has 0 unspecified atom stereocenters. The Morgan fingerprint density at radius 1 is 1.40 bits per heavy atom. The molecule has 25 heavy (non-hydrogen) atoms. The Morgan fingerprint density at radius 2 is 2.20 bits per heavy atom. The minimum Gasteiger partial charge on any atom is -0.497 e. The molecule has 0 saturated carbocycles. The molecule has 3 rings (SSSR count). The van der Waals surface area contributed by atoms with E-state index in [4.69, 9.17) is 4.74 Å². The number of ether oxygens (including phenoxy) is 1. The first kappa shape index (κ1) is 17.9. The Labute approximate surface area is 153 Å². The van der Waals surface area contributed by atoms with E-state index in [1.165, 1.54) is 5.69 Å². The fourth-order valence-corrected chi connectivity index (χ4v) is 3.77. The van der Waals surface area contributed by atoms with Gasteiger partial charge < -0.3 is 9.64 Å². The van der Waals surface area contributed by atoms with E-state index in [9.17, 15) is 4.79 Å². The molecule has 1 fully saturated rings. The quantitative estimate of drug-likeness (QED) is 0.857. The molecule has 2 heterocycles. The number of amides is 1. The number of likely N-dealkylation sites (tertiary alicyclic amines) is 1. The molecule has 0 atom stereocenters. The molecule has 1 aromatic carbocycles. The van der Waals surface area contributed by atoms with E-state index in [1.54, 1.807) is 18.9 Å². The van der Waals surface area contributed by atoms with Crippen molar-refractivity contribution in [1.82, 2.24) is 15.1 Å². The fraction of sp³-hybridized carbons (Fsp3) is 0.474. The molecule has 134 valence electrons. The van der Waals surface area contributed by atoms with E-state index in [1.807, 2.05) is 35.6 Å². The number of benzene rings is 1. The molecule has 1 aliphatic heterocycles. The van der Waals surface area contributed by atoms with Crippen LogP contribution < -0.4 is 4.74 Å². The molecule has 0 spiro atoms. The van der Waals surface area contributed by atoms with Crippen LogP contribution in [0.2, 0.25) is 0 Å². The van der Waals surface area contributed by atoms with Gasteiger partial charge in [0.1, 0.15) is 5.75 Å². The van der Waals surface area contributed by atoms with Gasteiger partial charge in [0.05, 0.1) is 13.3 Å². The van der Waals surface area contributed by atoms with Gasteiger partial charge in [-0.05, 0) is 36.8 Å². The molecule has 6 heteroatoms. The van der Waals surface area contributed by atoms with E-state index >= 15 is 0 Å². The second-order valence-electron chi connectivity index (χ2n) is 6.33. The van der Waals surface area contributed by atoms with Gasteiger partial charge in [0.15, 0.2) is 0 Å². The highest BCUT2D eigenvalue weighted by Crippen LogP contribution is 2.35. The van der Waals surface area contributed by atoms with Gasteiger partial charge in [-0.25, -0.2) is 0 Å². The van der Waals surface area contributed by atoms with Crippen molar-refractivity contribution in [3.8, 4) is 16.9 Å². The average Bonchev–Trinajstić information content (AvgIpc) is 3.16. The van der Waals surface area contributed by atoms with E-state index in [0.717, 1.165) is 48.6 Å².